The van der Waals surface area contributed by atoms with Crippen molar-refractivity contribution >= 4 is 5.97 Å². The summed E-state index contributed by atoms with van der Waals surface area (Å²) < 4.78 is 0. The minimum atomic E-state index is -0.986. The number of phenols is 1. The zero-order chi connectivity index (χ0) is 15.8. The number of hydrogen-bond acceptors (Lipinski definition) is 2. The van der Waals surface area contributed by atoms with Gasteiger partial charge in [0.05, 0.1) is 5.56 Å². The normalized spacial score (nSPS) is 9.45. The maximum absolute atomic E-state index is 10.2. The first kappa shape index (κ1) is 15.3. The lowest BCUT2D eigenvalue weighted by Crippen LogP contribution is -1.93. The van der Waals surface area contributed by atoms with Crippen molar-refractivity contribution in [1.82, 2.24) is 0 Å². The smallest absolute Gasteiger partial charge is 0.335 e. The Morgan fingerprint density at radius 3 is 1.41 bits per heavy atom. The third-order valence-corrected chi connectivity index (χ3v) is 3.00. The highest BCUT2D eigenvalue weighted by Crippen LogP contribution is 2.17. The van der Waals surface area contributed by atoms with Crippen molar-refractivity contribution in [2.24, 2.45) is 0 Å². The largest absolute Gasteiger partial charge is 0.508 e. The number of benzene rings is 3. The standard InChI is InChI=1S/C12H10.C7H6O3/c1-3-7-11(8-4-1)12-9-5-2-6-10-12;8-6-3-1-5(2-4-6)7(9)10/h1-10H;1-4,8H,(H,9,10). The molecule has 0 aliphatic heterocycles. The van der Waals surface area contributed by atoms with Crippen LogP contribution in [0, 0.1) is 0 Å². The summed E-state index contributed by atoms with van der Waals surface area (Å²) in [4.78, 5) is 10.2. The molecule has 3 aromatic carbocycles. The maximum atomic E-state index is 10.2. The van der Waals surface area contributed by atoms with Gasteiger partial charge in [-0.1, -0.05) is 60.7 Å². The first-order chi connectivity index (χ1) is 10.7. The molecule has 0 aliphatic carbocycles. The van der Waals surface area contributed by atoms with Gasteiger partial charge in [0, 0.05) is 0 Å². The van der Waals surface area contributed by atoms with E-state index >= 15 is 0 Å². The molecule has 0 saturated carbocycles. The van der Waals surface area contributed by atoms with Crippen LogP contribution in [0.2, 0.25) is 0 Å². The van der Waals surface area contributed by atoms with E-state index in [-0.39, 0.29) is 11.3 Å². The van der Waals surface area contributed by atoms with E-state index in [1.165, 1.54) is 35.4 Å². The van der Waals surface area contributed by atoms with Gasteiger partial charge in [0.15, 0.2) is 0 Å². The summed E-state index contributed by atoms with van der Waals surface area (Å²) in [5.74, 6) is -0.912. The molecule has 22 heavy (non-hydrogen) atoms. The van der Waals surface area contributed by atoms with E-state index in [2.05, 4.69) is 48.5 Å². The van der Waals surface area contributed by atoms with Gasteiger partial charge < -0.3 is 10.2 Å². The van der Waals surface area contributed by atoms with Crippen LogP contribution in [0.5, 0.6) is 5.75 Å². The Labute approximate surface area is 129 Å². The highest BCUT2D eigenvalue weighted by atomic mass is 16.4. The van der Waals surface area contributed by atoms with Crippen LogP contribution in [0.1, 0.15) is 10.4 Å². The van der Waals surface area contributed by atoms with Gasteiger partial charge in [0.2, 0.25) is 0 Å². The molecule has 0 heterocycles. The average molecular weight is 292 g/mol. The molecule has 0 saturated heterocycles. The molecule has 3 aromatic rings. The Hall–Kier alpha value is -3.07. The van der Waals surface area contributed by atoms with Crippen LogP contribution >= 0.6 is 0 Å². The number of aromatic carboxylic acids is 1. The average Bonchev–Trinajstić information content (AvgIpc) is 2.57. The molecule has 3 heteroatoms. The molecular formula is C19H16O3. The number of rotatable bonds is 2. The van der Waals surface area contributed by atoms with Crippen LogP contribution in [0.3, 0.4) is 0 Å². The van der Waals surface area contributed by atoms with Gasteiger partial charge in [-0.25, -0.2) is 4.79 Å². The second-order valence-corrected chi connectivity index (χ2v) is 4.58. The van der Waals surface area contributed by atoms with Crippen molar-refractivity contribution in [2.75, 3.05) is 0 Å². The molecule has 0 aliphatic rings. The second kappa shape index (κ2) is 7.64. The summed E-state index contributed by atoms with van der Waals surface area (Å²) in [6.45, 7) is 0. The van der Waals surface area contributed by atoms with Crippen LogP contribution in [-0.4, -0.2) is 16.2 Å². The van der Waals surface area contributed by atoms with Gasteiger partial charge >= 0.3 is 5.97 Å². The second-order valence-electron chi connectivity index (χ2n) is 4.58. The molecule has 2 N–H and O–H groups in total. The third-order valence-electron chi connectivity index (χ3n) is 3.00. The van der Waals surface area contributed by atoms with Gasteiger partial charge in [-0.15, -0.1) is 0 Å². The molecule has 0 amide bonds. The lowest BCUT2D eigenvalue weighted by Gasteiger charge is -1.98. The fourth-order valence-corrected chi connectivity index (χ4v) is 1.87. The topological polar surface area (TPSA) is 57.5 Å². The molecule has 110 valence electrons. The first-order valence-electron chi connectivity index (χ1n) is 6.79. The number of aromatic hydroxyl groups is 1. The zero-order valence-electron chi connectivity index (χ0n) is 11.9. The molecule has 0 unspecified atom stereocenters. The predicted molar refractivity (Wildman–Crippen MR) is 86.9 cm³/mol. The quantitative estimate of drug-likeness (QED) is 0.734. The highest BCUT2D eigenvalue weighted by Gasteiger charge is 1.99. The molecule has 3 rings (SSSR count). The van der Waals surface area contributed by atoms with E-state index in [1.807, 2.05) is 12.1 Å². The summed E-state index contributed by atoms with van der Waals surface area (Å²) in [7, 11) is 0. The van der Waals surface area contributed by atoms with E-state index in [4.69, 9.17) is 10.2 Å². The maximum Gasteiger partial charge on any atom is 0.335 e. The van der Waals surface area contributed by atoms with Crippen LogP contribution in [0.4, 0.5) is 0 Å². The summed E-state index contributed by atoms with van der Waals surface area (Å²) in [5.41, 5.74) is 2.73. The Kier molecular flexibility index (Phi) is 5.32. The van der Waals surface area contributed by atoms with Gasteiger partial charge in [-0.3, -0.25) is 0 Å². The lowest BCUT2D eigenvalue weighted by molar-refractivity contribution is 0.0697. The molecule has 0 radical (unpaired) electrons. The molecule has 0 fully saturated rings. The van der Waals surface area contributed by atoms with E-state index in [9.17, 15) is 4.79 Å². The van der Waals surface area contributed by atoms with E-state index in [0.29, 0.717) is 0 Å². The van der Waals surface area contributed by atoms with Gasteiger partial charge in [-0.2, -0.15) is 0 Å². The fraction of sp³-hybridized carbons (Fsp3) is 0. The lowest BCUT2D eigenvalue weighted by atomic mass is 10.1. The minimum absolute atomic E-state index is 0.0741. The predicted octanol–water partition coefficient (Wildman–Crippen LogP) is 4.44. The van der Waals surface area contributed by atoms with Gasteiger partial charge in [0.25, 0.3) is 0 Å². The number of phenolic OH excluding ortho intramolecular Hbond substituents is 1. The summed E-state index contributed by atoms with van der Waals surface area (Å²) >= 11 is 0. The van der Waals surface area contributed by atoms with Crippen molar-refractivity contribution in [3.8, 4) is 16.9 Å². The summed E-state index contributed by atoms with van der Waals surface area (Å²) in [5, 5.41) is 17.1. The van der Waals surface area contributed by atoms with Crippen molar-refractivity contribution in [1.29, 1.82) is 0 Å². The molecule has 0 aromatic heterocycles. The van der Waals surface area contributed by atoms with Crippen molar-refractivity contribution in [2.45, 2.75) is 0 Å². The first-order valence-corrected chi connectivity index (χ1v) is 6.79. The molecule has 0 atom stereocenters. The van der Waals surface area contributed by atoms with Crippen molar-refractivity contribution < 1.29 is 15.0 Å². The zero-order valence-corrected chi connectivity index (χ0v) is 11.9. The number of hydrogen-bond donors (Lipinski definition) is 2. The summed E-state index contributed by atoms with van der Waals surface area (Å²) in [6.07, 6.45) is 0. The molecule has 0 spiro atoms. The van der Waals surface area contributed by atoms with Gasteiger partial charge in [0.1, 0.15) is 5.75 Å². The highest BCUT2D eigenvalue weighted by molar-refractivity contribution is 5.87. The Bertz CT molecular complexity index is 667. The van der Waals surface area contributed by atoms with Crippen LogP contribution in [0.25, 0.3) is 11.1 Å². The Balaban J connectivity index is 0.000000164. The Morgan fingerprint density at radius 1 is 0.636 bits per heavy atom. The van der Waals surface area contributed by atoms with E-state index in [0.717, 1.165) is 0 Å². The van der Waals surface area contributed by atoms with Crippen molar-refractivity contribution in [3.05, 3.63) is 90.5 Å². The third kappa shape index (κ3) is 4.49. The molecule has 3 nitrogen and oxygen atoms in total. The monoisotopic (exact) mass is 292 g/mol. The number of carboxylic acid groups (broad SMARTS) is 1. The molecule has 0 bridgehead atoms. The molecular weight excluding hydrogens is 276 g/mol. The van der Waals surface area contributed by atoms with Crippen LogP contribution in [0.15, 0.2) is 84.9 Å². The van der Waals surface area contributed by atoms with Crippen LogP contribution in [-0.2, 0) is 0 Å². The Morgan fingerprint density at radius 2 is 1.05 bits per heavy atom. The minimum Gasteiger partial charge on any atom is -0.508 e. The number of carboxylic acids is 1. The summed E-state index contributed by atoms with van der Waals surface area (Å²) in [6, 6.07) is 26.1. The van der Waals surface area contributed by atoms with E-state index in [1.54, 1.807) is 0 Å². The SMILES string of the molecule is O=C(O)c1ccc(O)cc1.c1ccc(-c2ccccc2)cc1. The van der Waals surface area contributed by atoms with E-state index < -0.39 is 5.97 Å². The fourth-order valence-electron chi connectivity index (χ4n) is 1.87. The van der Waals surface area contributed by atoms with Crippen molar-refractivity contribution in [3.63, 3.8) is 0 Å². The van der Waals surface area contributed by atoms with Crippen LogP contribution < -0.4 is 0 Å². The number of carbonyl (C=O) groups is 1. The van der Waals surface area contributed by atoms with Gasteiger partial charge in [-0.05, 0) is 35.4 Å².